The number of halogens is 1. The molecule has 0 aliphatic rings. The van der Waals surface area contributed by atoms with Crippen molar-refractivity contribution in [3.05, 3.63) is 64.1 Å². The van der Waals surface area contributed by atoms with Gasteiger partial charge >= 0.3 is 0 Å². The Morgan fingerprint density at radius 3 is 2.44 bits per heavy atom. The summed E-state index contributed by atoms with van der Waals surface area (Å²) in [4.78, 5) is 13.9. The van der Waals surface area contributed by atoms with Crippen LogP contribution >= 0.6 is 0 Å². The zero-order valence-electron chi connectivity index (χ0n) is 20.7. The lowest BCUT2D eigenvalue weighted by Gasteiger charge is -2.12. The van der Waals surface area contributed by atoms with Gasteiger partial charge in [0.15, 0.2) is 0 Å². The van der Waals surface area contributed by atoms with Crippen LogP contribution in [0.4, 0.5) is 4.39 Å². The molecule has 34 heavy (non-hydrogen) atoms. The number of sulfonamides is 1. The molecule has 7 nitrogen and oxygen atoms in total. The minimum Gasteiger partial charge on any atom is -0.354 e. The molecule has 2 rings (SSSR count). The third-order valence-electron chi connectivity index (χ3n) is 5.48. The van der Waals surface area contributed by atoms with Crippen molar-refractivity contribution in [2.24, 2.45) is 0 Å². The number of rotatable bonds is 8. The molecule has 0 fully saturated rings. The zero-order valence-corrected chi connectivity index (χ0v) is 21.5. The molecule has 9 heteroatoms. The van der Waals surface area contributed by atoms with Gasteiger partial charge in [0.2, 0.25) is 15.9 Å². The molecular formula is C25H34FN4O3S+. The average molecular weight is 490 g/mol. The minimum atomic E-state index is -3.63. The monoisotopic (exact) mass is 489 g/mol. The van der Waals surface area contributed by atoms with Gasteiger partial charge in [-0.15, -0.1) is 0 Å². The van der Waals surface area contributed by atoms with Crippen molar-refractivity contribution in [3.63, 3.8) is 0 Å². The first-order chi connectivity index (χ1) is 15.8. The van der Waals surface area contributed by atoms with E-state index in [1.165, 1.54) is 31.1 Å². The Labute approximate surface area is 201 Å². The van der Waals surface area contributed by atoms with Gasteiger partial charge in [-0.3, -0.25) is 4.79 Å². The molecule has 0 saturated carbocycles. The fraction of sp³-hybridized carbons (Fsp3) is 0.320. The number of hydrogen-bond donors (Lipinski definition) is 1. The van der Waals surface area contributed by atoms with Gasteiger partial charge in [0.05, 0.1) is 18.0 Å². The van der Waals surface area contributed by atoms with E-state index in [2.05, 4.69) is 12.3 Å². The van der Waals surface area contributed by atoms with Gasteiger partial charge in [-0.25, -0.2) is 17.1 Å². The second-order valence-electron chi connectivity index (χ2n) is 8.38. The molecule has 1 aromatic carbocycles. The van der Waals surface area contributed by atoms with Crippen LogP contribution in [0.1, 0.15) is 12.6 Å². The second-order valence-corrected chi connectivity index (χ2v) is 10.5. The number of benzene rings is 1. The van der Waals surface area contributed by atoms with Crippen LogP contribution in [0.2, 0.25) is 0 Å². The van der Waals surface area contributed by atoms with Crippen molar-refractivity contribution in [3.8, 4) is 11.1 Å². The van der Waals surface area contributed by atoms with E-state index in [9.17, 15) is 17.6 Å². The molecule has 0 bridgehead atoms. The SMILES string of the molecule is C=c1c(-c2cccc(S(=O)(=O)N(C)C)c2)c(C)n(CC(F)=CC[NH3+])c1=CC=C(C)C(=O)N(C)C. The number of nitrogens with zero attached hydrogens (tertiary/aromatic N) is 3. The molecule has 1 amide bonds. The van der Waals surface area contributed by atoms with Crippen LogP contribution in [0, 0.1) is 6.92 Å². The van der Waals surface area contributed by atoms with E-state index in [0.29, 0.717) is 28.2 Å². The summed E-state index contributed by atoms with van der Waals surface area (Å²) in [6.07, 6.45) is 4.84. The highest BCUT2D eigenvalue weighted by Gasteiger charge is 2.20. The summed E-state index contributed by atoms with van der Waals surface area (Å²) in [5.74, 6) is -0.482. The Bertz CT molecular complexity index is 1350. The summed E-state index contributed by atoms with van der Waals surface area (Å²) in [7, 11) is 2.67. The first-order valence-corrected chi connectivity index (χ1v) is 12.2. The maximum Gasteiger partial charge on any atom is 0.248 e. The number of amides is 1. The van der Waals surface area contributed by atoms with Crippen molar-refractivity contribution in [1.82, 2.24) is 13.8 Å². The molecular weight excluding hydrogens is 455 g/mol. The van der Waals surface area contributed by atoms with Crippen molar-refractivity contribution in [2.75, 3.05) is 34.7 Å². The van der Waals surface area contributed by atoms with Gasteiger partial charge in [-0.05, 0) is 37.6 Å². The lowest BCUT2D eigenvalue weighted by Crippen LogP contribution is -2.49. The topological polar surface area (TPSA) is 90.3 Å². The Hall–Kier alpha value is -3.01. The fourth-order valence-corrected chi connectivity index (χ4v) is 4.57. The molecule has 0 unspecified atom stereocenters. The third-order valence-corrected chi connectivity index (χ3v) is 7.29. The molecule has 1 heterocycles. The second kappa shape index (κ2) is 10.9. The van der Waals surface area contributed by atoms with Crippen LogP contribution in [0.25, 0.3) is 23.8 Å². The number of carbonyl (C=O) groups excluding carboxylic acids is 1. The van der Waals surface area contributed by atoms with E-state index >= 15 is 0 Å². The first kappa shape index (κ1) is 27.2. The van der Waals surface area contributed by atoms with Gasteiger partial charge in [0.1, 0.15) is 5.83 Å². The summed E-state index contributed by atoms with van der Waals surface area (Å²) in [5, 5.41) is 1.24. The molecule has 184 valence electrons. The predicted octanol–water partition coefficient (Wildman–Crippen LogP) is 1.03. The molecule has 3 N–H and O–H groups in total. The molecule has 1 aromatic heterocycles. The number of aromatic nitrogens is 1. The average Bonchev–Trinajstić information content (AvgIpc) is 3.00. The molecule has 0 spiro atoms. The molecule has 0 radical (unpaired) electrons. The molecule has 0 saturated heterocycles. The molecule has 0 aliphatic carbocycles. The first-order valence-electron chi connectivity index (χ1n) is 10.8. The van der Waals surface area contributed by atoms with Gasteiger partial charge < -0.3 is 15.2 Å². The largest absolute Gasteiger partial charge is 0.354 e. The standard InChI is InChI=1S/C25H33FN4O3S/c1-17(25(31)28(4)5)11-12-23-18(2)24(19(3)30(23)16-21(26)13-14-27)20-9-8-10-22(15-20)34(32,33)29(6)7/h8-13,15H,2,14,16,27H2,1,3-7H3/p+1. The highest BCUT2D eigenvalue weighted by molar-refractivity contribution is 7.89. The lowest BCUT2D eigenvalue weighted by atomic mass is 10.0. The van der Waals surface area contributed by atoms with Crippen molar-refractivity contribution in [2.45, 2.75) is 25.3 Å². The van der Waals surface area contributed by atoms with Crippen LogP contribution in [0.15, 0.2) is 52.7 Å². The maximum absolute atomic E-state index is 14.5. The van der Waals surface area contributed by atoms with Crippen molar-refractivity contribution >= 4 is 28.6 Å². The summed E-state index contributed by atoms with van der Waals surface area (Å²) in [6, 6.07) is 6.61. The van der Waals surface area contributed by atoms with Crippen LogP contribution in [-0.4, -0.2) is 62.8 Å². The zero-order chi connectivity index (χ0) is 25.8. The van der Waals surface area contributed by atoms with E-state index in [4.69, 9.17) is 0 Å². The summed E-state index contributed by atoms with van der Waals surface area (Å²) >= 11 is 0. The maximum atomic E-state index is 14.5. The van der Waals surface area contributed by atoms with Crippen LogP contribution in [-0.2, 0) is 21.4 Å². The summed E-state index contributed by atoms with van der Waals surface area (Å²) in [5.41, 5.74) is 6.29. The smallest absolute Gasteiger partial charge is 0.248 e. The predicted molar refractivity (Wildman–Crippen MR) is 134 cm³/mol. The Morgan fingerprint density at radius 1 is 1.24 bits per heavy atom. The number of likely N-dealkylation sites (N-methyl/N-ethyl adjacent to an activating group) is 1. The normalized spacial score (nSPS) is 13.6. The van der Waals surface area contributed by atoms with Gasteiger partial charge in [-0.2, -0.15) is 0 Å². The molecule has 0 atom stereocenters. The summed E-state index contributed by atoms with van der Waals surface area (Å²) in [6.45, 7) is 8.06. The highest BCUT2D eigenvalue weighted by atomic mass is 32.2. The minimum absolute atomic E-state index is 0.0279. The molecule has 0 aliphatic heterocycles. The number of hydrogen-bond acceptors (Lipinski definition) is 3. The Kier molecular flexibility index (Phi) is 8.77. The van der Waals surface area contributed by atoms with Crippen LogP contribution in [0.3, 0.4) is 0 Å². The Morgan fingerprint density at radius 2 is 1.88 bits per heavy atom. The number of quaternary nitrogens is 1. The van der Waals surface area contributed by atoms with Gasteiger partial charge in [-0.1, -0.05) is 24.8 Å². The van der Waals surface area contributed by atoms with E-state index in [-0.39, 0.29) is 23.2 Å². The van der Waals surface area contributed by atoms with Crippen LogP contribution < -0.4 is 16.3 Å². The van der Waals surface area contributed by atoms with Crippen LogP contribution in [0.5, 0.6) is 0 Å². The van der Waals surface area contributed by atoms with E-state index in [1.54, 1.807) is 55.9 Å². The number of allylic oxidation sites excluding steroid dienone is 2. The van der Waals surface area contributed by atoms with Crippen molar-refractivity contribution in [1.29, 1.82) is 0 Å². The lowest BCUT2D eigenvalue weighted by molar-refractivity contribution is -0.353. The van der Waals surface area contributed by atoms with Gasteiger partial charge in [0, 0.05) is 61.7 Å². The van der Waals surface area contributed by atoms with E-state index in [1.807, 2.05) is 6.92 Å². The summed E-state index contributed by atoms with van der Waals surface area (Å²) < 4.78 is 42.8. The van der Waals surface area contributed by atoms with Gasteiger partial charge in [0.25, 0.3) is 0 Å². The Balaban J connectivity index is 2.82. The quantitative estimate of drug-likeness (QED) is 0.562. The third kappa shape index (κ3) is 5.72. The number of carbonyl (C=O) groups is 1. The van der Waals surface area contributed by atoms with E-state index in [0.717, 1.165) is 15.6 Å². The van der Waals surface area contributed by atoms with E-state index < -0.39 is 10.0 Å². The molecule has 2 aromatic rings. The van der Waals surface area contributed by atoms with Crippen molar-refractivity contribution < 1.29 is 23.3 Å². The highest BCUT2D eigenvalue weighted by Crippen LogP contribution is 2.24. The fourth-order valence-electron chi connectivity index (χ4n) is 3.63.